The van der Waals surface area contributed by atoms with Gasteiger partial charge in [0.15, 0.2) is 0 Å². The molecule has 2 rings (SSSR count). The van der Waals surface area contributed by atoms with Crippen LogP contribution in [-0.4, -0.2) is 23.2 Å². The normalized spacial score (nSPS) is 27.3. The number of pyridine rings is 1. The van der Waals surface area contributed by atoms with E-state index in [0.717, 1.165) is 43.6 Å². The lowest BCUT2D eigenvalue weighted by molar-refractivity contribution is 0.0237. The molecule has 0 amide bonds. The minimum atomic E-state index is -0.676. The molecule has 15 heavy (non-hydrogen) atoms. The zero-order valence-electron chi connectivity index (χ0n) is 9.16. The minimum absolute atomic E-state index is 0.676. The largest absolute Gasteiger partial charge is 0.385 e. The molecule has 1 saturated heterocycles. The van der Waals surface area contributed by atoms with Crippen LogP contribution in [0.15, 0.2) is 18.3 Å². The monoisotopic (exact) mass is 206 g/mol. The van der Waals surface area contributed by atoms with Crippen molar-refractivity contribution in [2.45, 2.75) is 31.8 Å². The highest BCUT2D eigenvalue weighted by molar-refractivity contribution is 5.20. The van der Waals surface area contributed by atoms with E-state index in [1.165, 1.54) is 0 Å². The summed E-state index contributed by atoms with van der Waals surface area (Å²) in [6.45, 7) is 3.84. The Morgan fingerprint density at radius 1 is 1.33 bits per heavy atom. The third-order valence-corrected chi connectivity index (χ3v) is 3.11. The molecule has 1 aliphatic heterocycles. The van der Waals surface area contributed by atoms with Gasteiger partial charge in [0.05, 0.1) is 5.60 Å². The topological polar surface area (TPSA) is 45.1 Å². The fourth-order valence-electron chi connectivity index (χ4n) is 2.08. The van der Waals surface area contributed by atoms with Crippen LogP contribution in [0.2, 0.25) is 0 Å². The van der Waals surface area contributed by atoms with Gasteiger partial charge in [0.1, 0.15) is 0 Å². The average molecular weight is 206 g/mol. The second-order valence-corrected chi connectivity index (χ2v) is 4.32. The highest BCUT2D eigenvalue weighted by atomic mass is 16.3. The maximum Gasteiger partial charge on any atom is 0.0923 e. The van der Waals surface area contributed by atoms with E-state index >= 15 is 0 Å². The summed E-state index contributed by atoms with van der Waals surface area (Å²) in [5.41, 5.74) is 1.27. The average Bonchev–Trinajstić information content (AvgIpc) is 2.45. The van der Waals surface area contributed by atoms with E-state index in [1.54, 1.807) is 6.20 Å². The Bertz CT molecular complexity index is 313. The number of nitrogens with one attached hydrogen (secondary N) is 1. The molecule has 1 aromatic rings. The van der Waals surface area contributed by atoms with Crippen molar-refractivity contribution in [2.75, 3.05) is 13.1 Å². The molecule has 0 spiro atoms. The van der Waals surface area contributed by atoms with Crippen molar-refractivity contribution in [3.05, 3.63) is 29.6 Å². The van der Waals surface area contributed by atoms with Gasteiger partial charge in [-0.05, 0) is 45.3 Å². The lowest BCUT2D eigenvalue weighted by Gasteiger charge is -2.26. The van der Waals surface area contributed by atoms with Gasteiger partial charge in [0.2, 0.25) is 0 Å². The SMILES string of the molecule is Cc1ccc(C2(O)CCCNCC2)cn1. The highest BCUT2D eigenvalue weighted by Gasteiger charge is 2.29. The molecular formula is C12H18N2O. The Labute approximate surface area is 90.5 Å². The Morgan fingerprint density at radius 2 is 2.20 bits per heavy atom. The van der Waals surface area contributed by atoms with Crippen LogP contribution in [0.5, 0.6) is 0 Å². The number of aromatic nitrogens is 1. The first-order valence-electron chi connectivity index (χ1n) is 5.57. The predicted octanol–water partition coefficient (Wildman–Crippen LogP) is 1.35. The van der Waals surface area contributed by atoms with Gasteiger partial charge in [-0.2, -0.15) is 0 Å². The summed E-state index contributed by atoms with van der Waals surface area (Å²) in [4.78, 5) is 4.25. The molecule has 0 aromatic carbocycles. The third kappa shape index (κ3) is 2.36. The standard InChI is InChI=1S/C12H18N2O/c1-10-3-4-11(9-14-10)12(15)5-2-7-13-8-6-12/h3-4,9,13,15H,2,5-8H2,1H3. The molecular weight excluding hydrogens is 188 g/mol. The van der Waals surface area contributed by atoms with E-state index in [0.29, 0.717) is 0 Å². The summed E-state index contributed by atoms with van der Waals surface area (Å²) in [5.74, 6) is 0. The Kier molecular flexibility index (Phi) is 3.03. The molecule has 1 unspecified atom stereocenters. The maximum atomic E-state index is 10.5. The van der Waals surface area contributed by atoms with E-state index < -0.39 is 5.60 Å². The van der Waals surface area contributed by atoms with Gasteiger partial charge in [-0.1, -0.05) is 6.07 Å². The molecule has 0 aliphatic carbocycles. The Hall–Kier alpha value is -0.930. The van der Waals surface area contributed by atoms with Gasteiger partial charge in [-0.3, -0.25) is 4.98 Å². The second kappa shape index (κ2) is 4.29. The number of aliphatic hydroxyl groups is 1. The van der Waals surface area contributed by atoms with Gasteiger partial charge >= 0.3 is 0 Å². The van der Waals surface area contributed by atoms with Crippen LogP contribution in [-0.2, 0) is 5.60 Å². The Morgan fingerprint density at radius 3 is 2.93 bits per heavy atom. The number of hydrogen-bond donors (Lipinski definition) is 2. The van der Waals surface area contributed by atoms with Crippen molar-refractivity contribution < 1.29 is 5.11 Å². The number of aryl methyl sites for hydroxylation is 1. The summed E-state index contributed by atoms with van der Waals surface area (Å²) < 4.78 is 0. The summed E-state index contributed by atoms with van der Waals surface area (Å²) in [7, 11) is 0. The molecule has 3 heteroatoms. The Balaban J connectivity index is 2.22. The van der Waals surface area contributed by atoms with E-state index in [2.05, 4.69) is 10.3 Å². The fourth-order valence-corrected chi connectivity index (χ4v) is 2.08. The van der Waals surface area contributed by atoms with E-state index in [9.17, 15) is 5.11 Å². The number of hydrogen-bond acceptors (Lipinski definition) is 3. The second-order valence-electron chi connectivity index (χ2n) is 4.32. The first-order valence-corrected chi connectivity index (χ1v) is 5.57. The van der Waals surface area contributed by atoms with Crippen molar-refractivity contribution >= 4 is 0 Å². The van der Waals surface area contributed by atoms with Crippen LogP contribution in [0.25, 0.3) is 0 Å². The molecule has 1 atom stereocenters. The molecule has 2 heterocycles. The first-order chi connectivity index (χ1) is 7.21. The molecule has 1 aliphatic rings. The van der Waals surface area contributed by atoms with Crippen molar-refractivity contribution in [1.29, 1.82) is 0 Å². The molecule has 82 valence electrons. The molecule has 3 nitrogen and oxygen atoms in total. The zero-order valence-corrected chi connectivity index (χ0v) is 9.16. The van der Waals surface area contributed by atoms with Crippen LogP contribution >= 0.6 is 0 Å². The third-order valence-electron chi connectivity index (χ3n) is 3.11. The van der Waals surface area contributed by atoms with Crippen molar-refractivity contribution in [3.8, 4) is 0 Å². The van der Waals surface area contributed by atoms with Crippen molar-refractivity contribution in [3.63, 3.8) is 0 Å². The van der Waals surface area contributed by atoms with Gasteiger partial charge in [0, 0.05) is 17.5 Å². The summed E-state index contributed by atoms with van der Waals surface area (Å²) >= 11 is 0. The van der Waals surface area contributed by atoms with Crippen LogP contribution in [0.1, 0.15) is 30.5 Å². The molecule has 2 N–H and O–H groups in total. The minimum Gasteiger partial charge on any atom is -0.385 e. The van der Waals surface area contributed by atoms with E-state index in [1.807, 2.05) is 19.1 Å². The summed E-state index contributed by atoms with van der Waals surface area (Å²) in [5, 5.41) is 13.8. The van der Waals surface area contributed by atoms with Crippen molar-refractivity contribution in [2.24, 2.45) is 0 Å². The quantitative estimate of drug-likeness (QED) is 0.729. The first kappa shape index (κ1) is 10.6. The summed E-state index contributed by atoms with van der Waals surface area (Å²) in [6.07, 6.45) is 4.42. The summed E-state index contributed by atoms with van der Waals surface area (Å²) in [6, 6.07) is 3.96. The number of rotatable bonds is 1. The number of nitrogens with zero attached hydrogens (tertiary/aromatic N) is 1. The van der Waals surface area contributed by atoms with Crippen LogP contribution < -0.4 is 5.32 Å². The molecule has 0 radical (unpaired) electrons. The predicted molar refractivity (Wildman–Crippen MR) is 59.6 cm³/mol. The van der Waals surface area contributed by atoms with Crippen LogP contribution in [0.4, 0.5) is 0 Å². The van der Waals surface area contributed by atoms with Crippen LogP contribution in [0.3, 0.4) is 0 Å². The lowest BCUT2D eigenvalue weighted by Crippen LogP contribution is -2.27. The van der Waals surface area contributed by atoms with E-state index in [-0.39, 0.29) is 0 Å². The van der Waals surface area contributed by atoms with E-state index in [4.69, 9.17) is 0 Å². The lowest BCUT2D eigenvalue weighted by atomic mass is 9.88. The zero-order chi connectivity index (χ0) is 10.7. The molecule has 0 saturated carbocycles. The molecule has 1 fully saturated rings. The molecule has 0 bridgehead atoms. The van der Waals surface area contributed by atoms with Gasteiger partial charge in [-0.25, -0.2) is 0 Å². The van der Waals surface area contributed by atoms with Gasteiger partial charge < -0.3 is 10.4 Å². The maximum absolute atomic E-state index is 10.5. The van der Waals surface area contributed by atoms with Gasteiger partial charge in [0.25, 0.3) is 0 Å². The molecule has 1 aromatic heterocycles. The van der Waals surface area contributed by atoms with Crippen LogP contribution in [0, 0.1) is 6.92 Å². The van der Waals surface area contributed by atoms with Gasteiger partial charge in [-0.15, -0.1) is 0 Å². The highest BCUT2D eigenvalue weighted by Crippen LogP contribution is 2.30. The fraction of sp³-hybridized carbons (Fsp3) is 0.583. The smallest absolute Gasteiger partial charge is 0.0923 e. The van der Waals surface area contributed by atoms with Crippen molar-refractivity contribution in [1.82, 2.24) is 10.3 Å².